The smallest absolute Gasteiger partial charge is 0.245 e. The first-order valence-electron chi connectivity index (χ1n) is 11.9. The van der Waals surface area contributed by atoms with Crippen LogP contribution in [0, 0.1) is 5.82 Å². The van der Waals surface area contributed by atoms with Crippen molar-refractivity contribution in [2.45, 2.75) is 42.9 Å². The second-order valence-electron chi connectivity index (χ2n) is 9.26. The zero-order valence-electron chi connectivity index (χ0n) is 20.1. The van der Waals surface area contributed by atoms with Gasteiger partial charge in [-0.05, 0) is 31.7 Å². The Morgan fingerprint density at radius 3 is 2.57 bits per heavy atom. The van der Waals surface area contributed by atoms with Crippen molar-refractivity contribution in [2.75, 3.05) is 26.0 Å². The molecule has 1 atom stereocenters. The van der Waals surface area contributed by atoms with Crippen LogP contribution in [0.5, 0.6) is 0 Å². The maximum atomic E-state index is 15.0. The quantitative estimate of drug-likeness (QED) is 0.373. The number of carbonyl (C=O) groups is 2. The van der Waals surface area contributed by atoms with Gasteiger partial charge in [-0.15, -0.1) is 11.3 Å². The maximum Gasteiger partial charge on any atom is 0.245 e. The molecule has 3 aromatic rings. The highest BCUT2D eigenvalue weighted by atomic mass is 32.2. The van der Waals surface area contributed by atoms with Crippen molar-refractivity contribution in [3.05, 3.63) is 41.2 Å². The van der Waals surface area contributed by atoms with Gasteiger partial charge in [0.2, 0.25) is 11.8 Å². The number of rotatable bonds is 11. The molecule has 1 unspecified atom stereocenters. The standard InChI is InChI=1S/C24H26FN5O5S2/c1-35-6-7-37(33,34)21(23(32)28-12-20(31)29-15-4-5-15)24-30-18-9-17(25)16(8-19(18)36-24)14-10-26-22(27-11-14)13-2-3-13/h8-11,13,15,21H,2-7,12H2,1H3,(H,28,32)(H,29,31). The number of nitrogens with one attached hydrogen (secondary N) is 2. The molecule has 5 rings (SSSR count). The molecule has 0 radical (unpaired) electrons. The minimum atomic E-state index is -4.06. The number of thiazole rings is 1. The van der Waals surface area contributed by atoms with Gasteiger partial charge in [-0.1, -0.05) is 0 Å². The molecule has 0 bridgehead atoms. The normalized spacial score (nSPS) is 16.5. The lowest BCUT2D eigenvalue weighted by Gasteiger charge is -2.15. The highest BCUT2D eigenvalue weighted by Gasteiger charge is 2.37. The summed E-state index contributed by atoms with van der Waals surface area (Å²) in [5, 5.41) is 3.47. The lowest BCUT2D eigenvalue weighted by atomic mass is 10.1. The van der Waals surface area contributed by atoms with Crippen LogP contribution >= 0.6 is 11.3 Å². The Morgan fingerprint density at radius 1 is 1.19 bits per heavy atom. The Bertz CT molecular complexity index is 1440. The Kier molecular flexibility index (Phi) is 7.19. The largest absolute Gasteiger partial charge is 0.384 e. The second-order valence-corrected chi connectivity index (χ2v) is 12.5. The van der Waals surface area contributed by atoms with Crippen molar-refractivity contribution < 1.29 is 27.1 Å². The number of halogens is 1. The Morgan fingerprint density at radius 2 is 1.92 bits per heavy atom. The number of hydrogen-bond donors (Lipinski definition) is 2. The number of nitrogens with zero attached hydrogens (tertiary/aromatic N) is 3. The van der Waals surface area contributed by atoms with Gasteiger partial charge in [0, 0.05) is 48.7 Å². The summed E-state index contributed by atoms with van der Waals surface area (Å²) in [7, 11) is -2.70. The molecule has 0 aliphatic heterocycles. The van der Waals surface area contributed by atoms with Crippen LogP contribution in [0.2, 0.25) is 0 Å². The van der Waals surface area contributed by atoms with Crippen LogP contribution in [0.15, 0.2) is 24.5 Å². The van der Waals surface area contributed by atoms with E-state index in [0.29, 0.717) is 16.2 Å². The summed E-state index contributed by atoms with van der Waals surface area (Å²) in [5.41, 5.74) is 0.968. The van der Waals surface area contributed by atoms with E-state index in [2.05, 4.69) is 25.6 Å². The molecule has 0 spiro atoms. The van der Waals surface area contributed by atoms with E-state index in [1.807, 2.05) is 0 Å². The summed E-state index contributed by atoms with van der Waals surface area (Å²) in [5.74, 6) is -1.14. The van der Waals surface area contributed by atoms with Crippen molar-refractivity contribution >= 4 is 43.2 Å². The SMILES string of the molecule is COCCS(=O)(=O)C(C(=O)NCC(=O)NC1CC1)c1nc2cc(F)c(-c3cnc(C4CC4)nc3)cc2s1. The number of fused-ring (bicyclic) bond motifs is 1. The lowest BCUT2D eigenvalue weighted by Crippen LogP contribution is -2.41. The van der Waals surface area contributed by atoms with Crippen molar-refractivity contribution in [1.29, 1.82) is 0 Å². The fourth-order valence-electron chi connectivity index (χ4n) is 3.84. The van der Waals surface area contributed by atoms with Gasteiger partial charge >= 0.3 is 0 Å². The molecule has 1 aromatic carbocycles. The molecule has 10 nitrogen and oxygen atoms in total. The topological polar surface area (TPSA) is 140 Å². The molecule has 2 aromatic heterocycles. The van der Waals surface area contributed by atoms with E-state index in [9.17, 15) is 18.0 Å². The van der Waals surface area contributed by atoms with Crippen molar-refractivity contribution in [3.8, 4) is 11.1 Å². The number of methoxy groups -OCH3 is 1. The Labute approximate surface area is 217 Å². The molecule has 2 N–H and O–H groups in total. The number of sulfone groups is 1. The predicted molar refractivity (Wildman–Crippen MR) is 135 cm³/mol. The number of aromatic nitrogens is 3. The average Bonchev–Trinajstić information content (AvgIpc) is 3.80. The van der Waals surface area contributed by atoms with Crippen LogP contribution in [-0.4, -0.2) is 67.2 Å². The third kappa shape index (κ3) is 5.94. The van der Waals surface area contributed by atoms with Gasteiger partial charge in [0.05, 0.1) is 29.1 Å². The summed E-state index contributed by atoms with van der Waals surface area (Å²) in [6.07, 6.45) is 7.02. The van der Waals surface area contributed by atoms with Crippen LogP contribution in [-0.2, 0) is 24.2 Å². The zero-order chi connectivity index (χ0) is 26.2. The average molecular weight is 548 g/mol. The van der Waals surface area contributed by atoms with Gasteiger partial charge < -0.3 is 15.4 Å². The maximum absolute atomic E-state index is 15.0. The molecule has 2 saturated carbocycles. The molecule has 2 heterocycles. The van der Waals surface area contributed by atoms with Crippen molar-refractivity contribution in [2.24, 2.45) is 0 Å². The van der Waals surface area contributed by atoms with Gasteiger partial charge in [0.1, 0.15) is 16.6 Å². The van der Waals surface area contributed by atoms with Gasteiger partial charge in [-0.2, -0.15) is 0 Å². The molecule has 2 aliphatic rings. The number of ether oxygens (including phenoxy) is 1. The molecule has 37 heavy (non-hydrogen) atoms. The molecular weight excluding hydrogens is 521 g/mol. The highest BCUT2D eigenvalue weighted by Crippen LogP contribution is 2.39. The van der Waals surface area contributed by atoms with Crippen molar-refractivity contribution in [1.82, 2.24) is 25.6 Å². The number of amides is 2. The minimum Gasteiger partial charge on any atom is -0.384 e. The zero-order valence-corrected chi connectivity index (χ0v) is 21.7. The fraction of sp³-hybridized carbons (Fsp3) is 0.458. The van der Waals surface area contributed by atoms with E-state index < -0.39 is 38.5 Å². The van der Waals surface area contributed by atoms with E-state index in [0.717, 1.165) is 42.8 Å². The van der Waals surface area contributed by atoms with E-state index >= 15 is 4.39 Å². The van der Waals surface area contributed by atoms with E-state index in [4.69, 9.17) is 4.74 Å². The van der Waals surface area contributed by atoms with E-state index in [-0.39, 0.29) is 35.3 Å². The molecule has 2 fully saturated rings. The number of carbonyl (C=O) groups excluding carboxylic acids is 2. The first-order chi connectivity index (χ1) is 17.7. The summed E-state index contributed by atoms with van der Waals surface area (Å²) in [6.45, 7) is -0.471. The third-order valence-electron chi connectivity index (χ3n) is 6.18. The van der Waals surface area contributed by atoms with Gasteiger partial charge in [-0.3, -0.25) is 9.59 Å². The molecule has 0 saturated heterocycles. The lowest BCUT2D eigenvalue weighted by molar-refractivity contribution is -0.126. The number of benzene rings is 1. The van der Waals surface area contributed by atoms with E-state index in [1.54, 1.807) is 18.5 Å². The second kappa shape index (κ2) is 10.4. The summed E-state index contributed by atoms with van der Waals surface area (Å²) < 4.78 is 46.7. The monoisotopic (exact) mass is 547 g/mol. The van der Waals surface area contributed by atoms with Crippen LogP contribution in [0.3, 0.4) is 0 Å². The minimum absolute atomic E-state index is 0.0110. The predicted octanol–water partition coefficient (Wildman–Crippen LogP) is 2.27. The fourth-order valence-corrected chi connectivity index (χ4v) is 6.80. The first kappa shape index (κ1) is 25.6. The third-order valence-corrected chi connectivity index (χ3v) is 9.30. The number of hydrogen-bond acceptors (Lipinski definition) is 9. The first-order valence-corrected chi connectivity index (χ1v) is 14.5. The van der Waals surface area contributed by atoms with Crippen LogP contribution in [0.25, 0.3) is 21.3 Å². The highest BCUT2D eigenvalue weighted by molar-refractivity contribution is 7.92. The molecule has 2 amide bonds. The van der Waals surface area contributed by atoms with Gasteiger partial charge in [0.25, 0.3) is 0 Å². The van der Waals surface area contributed by atoms with Gasteiger partial charge in [-0.25, -0.2) is 27.8 Å². The van der Waals surface area contributed by atoms with Crippen LogP contribution in [0.1, 0.15) is 47.7 Å². The van der Waals surface area contributed by atoms with Gasteiger partial charge in [0.15, 0.2) is 15.1 Å². The molecule has 2 aliphatic carbocycles. The summed E-state index contributed by atoms with van der Waals surface area (Å²) in [6, 6.07) is 2.87. The molecular formula is C24H26FN5O5S2. The molecule has 196 valence electrons. The van der Waals surface area contributed by atoms with E-state index in [1.165, 1.54) is 13.2 Å². The van der Waals surface area contributed by atoms with Crippen LogP contribution < -0.4 is 10.6 Å². The summed E-state index contributed by atoms with van der Waals surface area (Å²) in [4.78, 5) is 38.1. The summed E-state index contributed by atoms with van der Waals surface area (Å²) >= 11 is 0.985. The van der Waals surface area contributed by atoms with Crippen molar-refractivity contribution in [3.63, 3.8) is 0 Å². The van der Waals surface area contributed by atoms with Crippen LogP contribution in [0.4, 0.5) is 4.39 Å². The molecule has 13 heteroatoms. The Hall–Kier alpha value is -3.03. The Balaban J connectivity index is 1.44.